The number of aryl methyl sites for hydroxylation is 1. The van der Waals surface area contributed by atoms with Gasteiger partial charge in [0, 0.05) is 0 Å². The maximum atomic E-state index is 5.65. The second kappa shape index (κ2) is 6.94. The Bertz CT molecular complexity index is 335. The largest absolute Gasteiger partial charge is 0.330 e. The normalized spacial score (nSPS) is 12.1. The molecule has 1 aromatic rings. The molecular formula is C17H29N. The van der Waals surface area contributed by atoms with E-state index < -0.39 is 0 Å². The molecule has 102 valence electrons. The van der Waals surface area contributed by atoms with Gasteiger partial charge in [0.1, 0.15) is 0 Å². The van der Waals surface area contributed by atoms with E-state index in [1.807, 2.05) is 0 Å². The number of benzene rings is 1. The minimum atomic E-state index is 0.366. The van der Waals surface area contributed by atoms with E-state index in [9.17, 15) is 0 Å². The Morgan fingerprint density at radius 3 is 2.06 bits per heavy atom. The summed E-state index contributed by atoms with van der Waals surface area (Å²) in [6.07, 6.45) is 4.67. The van der Waals surface area contributed by atoms with E-state index in [1.165, 1.54) is 24.0 Å². The van der Waals surface area contributed by atoms with Crippen LogP contribution in [0, 0.1) is 11.3 Å². The van der Waals surface area contributed by atoms with Gasteiger partial charge in [-0.2, -0.15) is 0 Å². The highest BCUT2D eigenvalue weighted by molar-refractivity contribution is 5.23. The molecule has 1 aromatic carbocycles. The third-order valence-corrected chi connectivity index (χ3v) is 3.58. The third kappa shape index (κ3) is 5.68. The molecule has 0 aliphatic rings. The maximum Gasteiger partial charge on any atom is -0.00722 e. The van der Waals surface area contributed by atoms with Crippen molar-refractivity contribution in [3.63, 3.8) is 0 Å². The van der Waals surface area contributed by atoms with Crippen LogP contribution in [0.15, 0.2) is 24.3 Å². The van der Waals surface area contributed by atoms with Crippen LogP contribution in [0.2, 0.25) is 0 Å². The number of nitrogens with two attached hydrogens (primary N) is 1. The predicted molar refractivity (Wildman–Crippen MR) is 80.8 cm³/mol. The van der Waals surface area contributed by atoms with Crippen LogP contribution in [0.5, 0.6) is 0 Å². The first kappa shape index (κ1) is 15.2. The van der Waals surface area contributed by atoms with Crippen molar-refractivity contribution < 1.29 is 0 Å². The third-order valence-electron chi connectivity index (χ3n) is 3.58. The second-order valence-corrected chi connectivity index (χ2v) is 6.62. The van der Waals surface area contributed by atoms with Crippen molar-refractivity contribution in [3.8, 4) is 0 Å². The Morgan fingerprint density at radius 2 is 1.56 bits per heavy atom. The highest BCUT2D eigenvalue weighted by atomic mass is 14.5. The van der Waals surface area contributed by atoms with E-state index in [2.05, 4.69) is 52.0 Å². The van der Waals surface area contributed by atoms with Crippen LogP contribution < -0.4 is 5.73 Å². The first-order valence-corrected chi connectivity index (χ1v) is 7.21. The molecule has 0 spiro atoms. The van der Waals surface area contributed by atoms with Gasteiger partial charge in [-0.3, -0.25) is 0 Å². The molecule has 0 saturated heterocycles. The van der Waals surface area contributed by atoms with Crippen LogP contribution in [0.4, 0.5) is 0 Å². The fourth-order valence-corrected chi connectivity index (χ4v) is 2.31. The molecule has 0 bridgehead atoms. The maximum absolute atomic E-state index is 5.65. The summed E-state index contributed by atoms with van der Waals surface area (Å²) in [4.78, 5) is 0. The summed E-state index contributed by atoms with van der Waals surface area (Å²) in [5, 5.41) is 0. The van der Waals surface area contributed by atoms with Crippen molar-refractivity contribution in [2.75, 3.05) is 6.54 Å². The van der Waals surface area contributed by atoms with E-state index in [0.29, 0.717) is 5.41 Å². The van der Waals surface area contributed by atoms with Crippen LogP contribution in [-0.2, 0) is 12.8 Å². The Balaban J connectivity index is 2.48. The molecule has 0 atom stereocenters. The molecule has 0 aliphatic heterocycles. The van der Waals surface area contributed by atoms with Gasteiger partial charge in [-0.1, -0.05) is 52.0 Å². The van der Waals surface area contributed by atoms with Crippen molar-refractivity contribution in [1.29, 1.82) is 0 Å². The van der Waals surface area contributed by atoms with Gasteiger partial charge in [-0.25, -0.2) is 0 Å². The fraction of sp³-hybridized carbons (Fsp3) is 0.647. The molecule has 0 heterocycles. The Morgan fingerprint density at radius 1 is 1.00 bits per heavy atom. The van der Waals surface area contributed by atoms with Crippen molar-refractivity contribution >= 4 is 0 Å². The van der Waals surface area contributed by atoms with Gasteiger partial charge < -0.3 is 5.73 Å². The molecule has 1 nitrogen and oxygen atoms in total. The predicted octanol–water partition coefficient (Wildman–Crippen LogP) is 4.19. The fourth-order valence-electron chi connectivity index (χ4n) is 2.31. The standard InChI is InChI=1S/C17H29N/c1-14(2)13-16-7-5-15(6-8-16)9-10-17(3,4)11-12-18/h5-8,14H,9-13,18H2,1-4H3. The molecule has 0 amide bonds. The second-order valence-electron chi connectivity index (χ2n) is 6.62. The smallest absolute Gasteiger partial charge is 0.00722 e. The van der Waals surface area contributed by atoms with Gasteiger partial charge in [0.25, 0.3) is 0 Å². The zero-order chi connectivity index (χ0) is 13.6. The highest BCUT2D eigenvalue weighted by Crippen LogP contribution is 2.26. The van der Waals surface area contributed by atoms with Gasteiger partial charge in [0.05, 0.1) is 0 Å². The number of hydrogen-bond donors (Lipinski definition) is 1. The molecule has 2 N–H and O–H groups in total. The van der Waals surface area contributed by atoms with Crippen molar-refractivity contribution in [2.24, 2.45) is 17.1 Å². The molecule has 1 rings (SSSR count). The summed E-state index contributed by atoms with van der Waals surface area (Å²) < 4.78 is 0. The molecule has 1 heteroatoms. The molecular weight excluding hydrogens is 218 g/mol. The average Bonchev–Trinajstić information content (AvgIpc) is 2.27. The topological polar surface area (TPSA) is 26.0 Å². The number of rotatable bonds is 7. The van der Waals surface area contributed by atoms with Gasteiger partial charge >= 0.3 is 0 Å². The molecule has 0 fully saturated rings. The minimum Gasteiger partial charge on any atom is -0.330 e. The molecule has 0 unspecified atom stereocenters. The molecule has 0 aliphatic carbocycles. The summed E-state index contributed by atoms with van der Waals surface area (Å²) >= 11 is 0. The van der Waals surface area contributed by atoms with Gasteiger partial charge in [0.15, 0.2) is 0 Å². The summed E-state index contributed by atoms with van der Waals surface area (Å²) in [7, 11) is 0. The Hall–Kier alpha value is -0.820. The lowest BCUT2D eigenvalue weighted by molar-refractivity contribution is 0.313. The molecule has 0 saturated carbocycles. The first-order chi connectivity index (χ1) is 8.43. The van der Waals surface area contributed by atoms with Crippen molar-refractivity contribution in [3.05, 3.63) is 35.4 Å². The minimum absolute atomic E-state index is 0.366. The lowest BCUT2D eigenvalue weighted by Crippen LogP contribution is -2.17. The number of hydrogen-bond acceptors (Lipinski definition) is 1. The summed E-state index contributed by atoms with van der Waals surface area (Å²) in [5.74, 6) is 0.735. The van der Waals surface area contributed by atoms with E-state index >= 15 is 0 Å². The summed E-state index contributed by atoms with van der Waals surface area (Å²) in [6.45, 7) is 9.95. The zero-order valence-corrected chi connectivity index (χ0v) is 12.5. The zero-order valence-electron chi connectivity index (χ0n) is 12.5. The van der Waals surface area contributed by atoms with Gasteiger partial charge in [-0.15, -0.1) is 0 Å². The Kier molecular flexibility index (Phi) is 5.87. The van der Waals surface area contributed by atoms with Gasteiger partial charge in [0.2, 0.25) is 0 Å². The van der Waals surface area contributed by atoms with Crippen LogP contribution in [0.3, 0.4) is 0 Å². The van der Waals surface area contributed by atoms with Crippen LogP contribution >= 0.6 is 0 Å². The van der Waals surface area contributed by atoms with E-state index in [1.54, 1.807) is 0 Å². The lowest BCUT2D eigenvalue weighted by Gasteiger charge is -2.23. The van der Waals surface area contributed by atoms with E-state index in [0.717, 1.165) is 25.3 Å². The van der Waals surface area contributed by atoms with Crippen LogP contribution in [0.1, 0.15) is 51.7 Å². The van der Waals surface area contributed by atoms with Crippen LogP contribution in [-0.4, -0.2) is 6.54 Å². The summed E-state index contributed by atoms with van der Waals surface area (Å²) in [6, 6.07) is 9.14. The monoisotopic (exact) mass is 247 g/mol. The molecule has 18 heavy (non-hydrogen) atoms. The van der Waals surface area contributed by atoms with Crippen LogP contribution in [0.25, 0.3) is 0 Å². The average molecular weight is 247 g/mol. The molecule has 0 aromatic heterocycles. The SMILES string of the molecule is CC(C)Cc1ccc(CCC(C)(C)CCN)cc1. The van der Waals surface area contributed by atoms with Crippen molar-refractivity contribution in [2.45, 2.75) is 53.4 Å². The summed E-state index contributed by atoms with van der Waals surface area (Å²) in [5.41, 5.74) is 8.92. The Labute approximate surface area is 113 Å². The van der Waals surface area contributed by atoms with E-state index in [-0.39, 0.29) is 0 Å². The van der Waals surface area contributed by atoms with Crippen molar-refractivity contribution in [1.82, 2.24) is 0 Å². The van der Waals surface area contributed by atoms with E-state index in [4.69, 9.17) is 5.73 Å². The lowest BCUT2D eigenvalue weighted by atomic mass is 9.83. The molecule has 0 radical (unpaired) electrons. The highest BCUT2D eigenvalue weighted by Gasteiger charge is 2.16. The first-order valence-electron chi connectivity index (χ1n) is 7.21. The van der Waals surface area contributed by atoms with Gasteiger partial charge in [-0.05, 0) is 54.7 Å². The quantitative estimate of drug-likeness (QED) is 0.768.